The number of hydrogen-bond acceptors (Lipinski definition) is 4. The van der Waals surface area contributed by atoms with Gasteiger partial charge in [-0.05, 0) is 41.1 Å². The minimum atomic E-state index is -0.518. The van der Waals surface area contributed by atoms with Crippen LogP contribution in [0.15, 0.2) is 28.1 Å². The van der Waals surface area contributed by atoms with Gasteiger partial charge in [-0.1, -0.05) is 0 Å². The van der Waals surface area contributed by atoms with Crippen molar-refractivity contribution in [3.05, 3.63) is 33.1 Å². The largest absolute Gasteiger partial charge is 0.496 e. The zero-order chi connectivity index (χ0) is 12.4. The molecule has 0 aliphatic heterocycles. The van der Waals surface area contributed by atoms with Crippen LogP contribution in [-0.4, -0.2) is 17.2 Å². The highest BCUT2D eigenvalue weighted by atomic mass is 79.9. The number of halogens is 1. The molecule has 0 radical (unpaired) electrons. The quantitative estimate of drug-likeness (QED) is 0.940. The topological polar surface area (TPSA) is 42.4 Å². The van der Waals surface area contributed by atoms with Gasteiger partial charge in [-0.25, -0.2) is 4.98 Å². The SMILES string of the molecule is COc1ccc(-c2csc(C(C)O)n2)cc1Br. The van der Waals surface area contributed by atoms with Crippen LogP contribution >= 0.6 is 27.3 Å². The summed E-state index contributed by atoms with van der Waals surface area (Å²) in [7, 11) is 1.63. The van der Waals surface area contributed by atoms with E-state index in [9.17, 15) is 5.11 Å². The lowest BCUT2D eigenvalue weighted by Crippen LogP contribution is -1.89. The molecule has 0 saturated heterocycles. The molecule has 1 N–H and O–H groups in total. The Morgan fingerprint density at radius 2 is 2.24 bits per heavy atom. The van der Waals surface area contributed by atoms with E-state index in [4.69, 9.17) is 4.74 Å². The number of nitrogens with zero attached hydrogens (tertiary/aromatic N) is 1. The van der Waals surface area contributed by atoms with E-state index >= 15 is 0 Å². The van der Waals surface area contributed by atoms with Gasteiger partial charge in [0.15, 0.2) is 0 Å². The minimum absolute atomic E-state index is 0.518. The fraction of sp³-hybridized carbons (Fsp3) is 0.250. The average molecular weight is 314 g/mol. The van der Waals surface area contributed by atoms with Gasteiger partial charge in [0.2, 0.25) is 0 Å². The molecular formula is C12H12BrNO2S. The minimum Gasteiger partial charge on any atom is -0.496 e. The van der Waals surface area contributed by atoms with Gasteiger partial charge < -0.3 is 9.84 Å². The molecule has 0 fully saturated rings. The first-order valence-corrected chi connectivity index (χ1v) is 6.76. The maximum absolute atomic E-state index is 9.44. The highest BCUT2D eigenvalue weighted by Gasteiger charge is 2.10. The monoisotopic (exact) mass is 313 g/mol. The van der Waals surface area contributed by atoms with E-state index in [-0.39, 0.29) is 0 Å². The lowest BCUT2D eigenvalue weighted by molar-refractivity contribution is 0.199. The van der Waals surface area contributed by atoms with Gasteiger partial charge >= 0.3 is 0 Å². The second-order valence-electron chi connectivity index (χ2n) is 3.60. The van der Waals surface area contributed by atoms with E-state index < -0.39 is 6.10 Å². The number of ether oxygens (including phenoxy) is 1. The Kier molecular flexibility index (Phi) is 3.81. The van der Waals surface area contributed by atoms with Gasteiger partial charge in [-0.15, -0.1) is 11.3 Å². The third kappa shape index (κ3) is 2.68. The Labute approximate surface area is 112 Å². The Hall–Kier alpha value is -0.910. The molecule has 0 amide bonds. The molecular weight excluding hydrogens is 302 g/mol. The summed E-state index contributed by atoms with van der Waals surface area (Å²) in [5.74, 6) is 0.791. The van der Waals surface area contributed by atoms with Crippen molar-refractivity contribution in [1.82, 2.24) is 4.98 Å². The van der Waals surface area contributed by atoms with Crippen LogP contribution in [0.4, 0.5) is 0 Å². The van der Waals surface area contributed by atoms with Crippen LogP contribution in [-0.2, 0) is 0 Å². The van der Waals surface area contributed by atoms with Crippen molar-refractivity contribution in [2.24, 2.45) is 0 Å². The van der Waals surface area contributed by atoms with Gasteiger partial charge in [-0.3, -0.25) is 0 Å². The molecule has 0 saturated carbocycles. The summed E-state index contributed by atoms with van der Waals surface area (Å²) in [6.07, 6.45) is -0.518. The van der Waals surface area contributed by atoms with Crippen LogP contribution in [0.1, 0.15) is 18.0 Å². The lowest BCUT2D eigenvalue weighted by Gasteiger charge is -2.04. The summed E-state index contributed by atoms with van der Waals surface area (Å²) in [6, 6.07) is 5.80. The molecule has 0 spiro atoms. The Balaban J connectivity index is 2.36. The highest BCUT2D eigenvalue weighted by molar-refractivity contribution is 9.10. The molecule has 2 aromatic rings. The molecule has 3 nitrogen and oxygen atoms in total. The van der Waals surface area contributed by atoms with Gasteiger partial charge in [0, 0.05) is 10.9 Å². The summed E-state index contributed by atoms with van der Waals surface area (Å²) < 4.78 is 6.07. The molecule has 1 heterocycles. The van der Waals surface area contributed by atoms with Crippen molar-refractivity contribution >= 4 is 27.3 Å². The Morgan fingerprint density at radius 3 is 2.76 bits per heavy atom. The maximum atomic E-state index is 9.44. The number of rotatable bonds is 3. The van der Waals surface area contributed by atoms with Crippen molar-refractivity contribution in [2.75, 3.05) is 7.11 Å². The Morgan fingerprint density at radius 1 is 1.47 bits per heavy atom. The standard InChI is InChI=1S/C12H12BrNO2S/c1-7(15)12-14-10(6-17-12)8-3-4-11(16-2)9(13)5-8/h3-7,15H,1-2H3. The number of thiazole rings is 1. The third-order valence-electron chi connectivity index (χ3n) is 2.33. The van der Waals surface area contributed by atoms with Crippen molar-refractivity contribution in [3.63, 3.8) is 0 Å². The molecule has 90 valence electrons. The number of aliphatic hydroxyl groups excluding tert-OH is 1. The average Bonchev–Trinajstić information content (AvgIpc) is 2.78. The second kappa shape index (κ2) is 5.16. The highest BCUT2D eigenvalue weighted by Crippen LogP contribution is 2.31. The van der Waals surface area contributed by atoms with E-state index in [0.717, 1.165) is 26.5 Å². The van der Waals surface area contributed by atoms with E-state index in [1.165, 1.54) is 11.3 Å². The lowest BCUT2D eigenvalue weighted by atomic mass is 10.2. The Bertz CT molecular complexity index is 525. The molecule has 1 aromatic carbocycles. The van der Waals surface area contributed by atoms with Gasteiger partial charge in [-0.2, -0.15) is 0 Å². The van der Waals surface area contributed by atoms with Gasteiger partial charge in [0.1, 0.15) is 16.9 Å². The molecule has 2 rings (SSSR count). The number of hydrogen-bond donors (Lipinski definition) is 1. The number of methoxy groups -OCH3 is 1. The maximum Gasteiger partial charge on any atom is 0.133 e. The van der Waals surface area contributed by atoms with Crippen LogP contribution in [0.25, 0.3) is 11.3 Å². The molecule has 0 bridgehead atoms. The van der Waals surface area contributed by atoms with Crippen LogP contribution in [0.3, 0.4) is 0 Å². The van der Waals surface area contributed by atoms with E-state index in [0.29, 0.717) is 0 Å². The fourth-order valence-corrected chi connectivity index (χ4v) is 2.75. The molecule has 0 aliphatic rings. The zero-order valence-corrected chi connectivity index (χ0v) is 11.9. The summed E-state index contributed by atoms with van der Waals surface area (Å²) in [6.45, 7) is 1.71. The normalized spacial score (nSPS) is 12.5. The smallest absolute Gasteiger partial charge is 0.133 e. The van der Waals surface area contributed by atoms with Crippen LogP contribution in [0.2, 0.25) is 0 Å². The van der Waals surface area contributed by atoms with Crippen molar-refractivity contribution in [3.8, 4) is 17.0 Å². The third-order valence-corrected chi connectivity index (χ3v) is 3.96. The molecule has 0 aliphatic carbocycles. The van der Waals surface area contributed by atoms with E-state index in [1.807, 2.05) is 23.6 Å². The fourth-order valence-electron chi connectivity index (χ4n) is 1.44. The van der Waals surface area contributed by atoms with E-state index in [2.05, 4.69) is 20.9 Å². The van der Waals surface area contributed by atoms with Crippen LogP contribution < -0.4 is 4.74 Å². The first-order valence-electron chi connectivity index (χ1n) is 5.09. The molecule has 1 unspecified atom stereocenters. The van der Waals surface area contributed by atoms with Crippen molar-refractivity contribution in [2.45, 2.75) is 13.0 Å². The summed E-state index contributed by atoms with van der Waals surface area (Å²) in [5.41, 5.74) is 1.87. The number of aliphatic hydroxyl groups is 1. The molecule has 1 aromatic heterocycles. The second-order valence-corrected chi connectivity index (χ2v) is 5.34. The zero-order valence-electron chi connectivity index (χ0n) is 9.48. The predicted molar refractivity (Wildman–Crippen MR) is 72.4 cm³/mol. The van der Waals surface area contributed by atoms with Crippen LogP contribution in [0.5, 0.6) is 5.75 Å². The van der Waals surface area contributed by atoms with E-state index in [1.54, 1.807) is 14.0 Å². The van der Waals surface area contributed by atoms with Crippen LogP contribution in [0, 0.1) is 0 Å². The van der Waals surface area contributed by atoms with Crippen molar-refractivity contribution < 1.29 is 9.84 Å². The number of benzene rings is 1. The first-order chi connectivity index (χ1) is 8.11. The molecule has 17 heavy (non-hydrogen) atoms. The van der Waals surface area contributed by atoms with Gasteiger partial charge in [0.05, 0.1) is 17.3 Å². The van der Waals surface area contributed by atoms with Gasteiger partial charge in [0.25, 0.3) is 0 Å². The molecule has 1 atom stereocenters. The molecule has 5 heteroatoms. The summed E-state index contributed by atoms with van der Waals surface area (Å²) >= 11 is 4.90. The summed E-state index contributed by atoms with van der Waals surface area (Å²) in [5, 5.41) is 12.1. The first kappa shape index (κ1) is 12.5. The number of aromatic nitrogens is 1. The summed E-state index contributed by atoms with van der Waals surface area (Å²) in [4.78, 5) is 4.38. The van der Waals surface area contributed by atoms with Crippen molar-refractivity contribution in [1.29, 1.82) is 0 Å². The predicted octanol–water partition coefficient (Wildman–Crippen LogP) is 3.63.